The number of H-pyrrole nitrogens is 1. The summed E-state index contributed by atoms with van der Waals surface area (Å²) in [6.07, 6.45) is 2.18. The molecule has 1 amide bonds. The topological polar surface area (TPSA) is 70.7 Å². The lowest BCUT2D eigenvalue weighted by atomic mass is 10.2. The number of aromatic nitrogens is 3. The fraction of sp³-hybridized carbons (Fsp3) is 0.357. The van der Waals surface area contributed by atoms with Crippen LogP contribution in [0.15, 0.2) is 29.4 Å². The average molecular weight is 323 g/mol. The number of carbonyl (C=O) groups is 1. The number of nitrogens with one attached hydrogen (secondary N) is 2. The summed E-state index contributed by atoms with van der Waals surface area (Å²) in [5, 5.41) is 11.0. The van der Waals surface area contributed by atoms with Gasteiger partial charge in [0.05, 0.1) is 5.25 Å². The molecule has 0 saturated heterocycles. The molecule has 7 heteroatoms. The third-order valence-corrected chi connectivity index (χ3v) is 4.37. The molecule has 1 aromatic carbocycles. The average Bonchev–Trinajstić information content (AvgIpc) is 3.16. The zero-order valence-electron chi connectivity index (χ0n) is 11.5. The van der Waals surface area contributed by atoms with Crippen LogP contribution in [-0.2, 0) is 4.79 Å². The summed E-state index contributed by atoms with van der Waals surface area (Å²) in [5.41, 5.74) is 0.911. The Labute approximate surface area is 131 Å². The highest BCUT2D eigenvalue weighted by atomic mass is 35.5. The van der Waals surface area contributed by atoms with E-state index in [2.05, 4.69) is 20.5 Å². The fourth-order valence-electron chi connectivity index (χ4n) is 1.79. The molecule has 21 heavy (non-hydrogen) atoms. The molecule has 1 aliphatic carbocycles. The Balaban J connectivity index is 1.64. The van der Waals surface area contributed by atoms with Crippen LogP contribution >= 0.6 is 23.4 Å². The molecule has 0 spiro atoms. The molecule has 1 heterocycles. The maximum Gasteiger partial charge on any atom is 0.233 e. The quantitative estimate of drug-likeness (QED) is 0.830. The van der Waals surface area contributed by atoms with Crippen molar-refractivity contribution in [3.8, 4) is 11.4 Å². The maximum absolute atomic E-state index is 11.9. The van der Waals surface area contributed by atoms with Gasteiger partial charge in [-0.2, -0.15) is 0 Å². The number of hydrogen-bond donors (Lipinski definition) is 2. The number of aromatic amines is 1. The van der Waals surface area contributed by atoms with Crippen LogP contribution in [0, 0.1) is 0 Å². The van der Waals surface area contributed by atoms with E-state index in [1.54, 1.807) is 12.1 Å². The van der Waals surface area contributed by atoms with Gasteiger partial charge in [-0.25, -0.2) is 4.98 Å². The molecular weight excluding hydrogens is 308 g/mol. The molecule has 0 bridgehead atoms. The summed E-state index contributed by atoms with van der Waals surface area (Å²) < 4.78 is 0. The Hall–Kier alpha value is -1.53. The van der Waals surface area contributed by atoms with Crippen molar-refractivity contribution in [3.05, 3.63) is 29.3 Å². The van der Waals surface area contributed by atoms with Crippen molar-refractivity contribution in [1.82, 2.24) is 20.5 Å². The van der Waals surface area contributed by atoms with E-state index in [-0.39, 0.29) is 11.2 Å². The highest BCUT2D eigenvalue weighted by molar-refractivity contribution is 8.00. The van der Waals surface area contributed by atoms with Gasteiger partial charge >= 0.3 is 0 Å². The molecule has 0 radical (unpaired) electrons. The maximum atomic E-state index is 11.9. The summed E-state index contributed by atoms with van der Waals surface area (Å²) in [6.45, 7) is 1.86. The van der Waals surface area contributed by atoms with Gasteiger partial charge in [0.1, 0.15) is 0 Å². The molecule has 1 aliphatic rings. The van der Waals surface area contributed by atoms with E-state index in [9.17, 15) is 4.79 Å². The summed E-state index contributed by atoms with van der Waals surface area (Å²) in [7, 11) is 0. The highest BCUT2D eigenvalue weighted by Crippen LogP contribution is 2.25. The second-order valence-corrected chi connectivity index (χ2v) is 6.76. The molecule has 3 rings (SSSR count). The molecule has 1 fully saturated rings. The Morgan fingerprint density at radius 2 is 2.14 bits per heavy atom. The first-order chi connectivity index (χ1) is 10.1. The second kappa shape index (κ2) is 6.07. The van der Waals surface area contributed by atoms with Gasteiger partial charge in [0.15, 0.2) is 5.82 Å². The van der Waals surface area contributed by atoms with Crippen LogP contribution in [0.5, 0.6) is 0 Å². The zero-order chi connectivity index (χ0) is 14.8. The molecule has 1 saturated carbocycles. The van der Waals surface area contributed by atoms with Gasteiger partial charge < -0.3 is 5.32 Å². The normalized spacial score (nSPS) is 15.7. The molecule has 110 valence electrons. The number of thioether (sulfide) groups is 1. The standard InChI is InChI=1S/C14H15ClN4OS/c1-8(13(20)16-11-6-7-11)21-14-17-12(18-19-14)9-2-4-10(15)5-3-9/h2-5,8,11H,6-7H2,1H3,(H,16,20)(H,17,18,19). The summed E-state index contributed by atoms with van der Waals surface area (Å²) in [6, 6.07) is 7.73. The Kier molecular flexibility index (Phi) is 4.17. The number of rotatable bonds is 5. The van der Waals surface area contributed by atoms with E-state index >= 15 is 0 Å². The van der Waals surface area contributed by atoms with E-state index < -0.39 is 0 Å². The lowest BCUT2D eigenvalue weighted by Crippen LogP contribution is -2.32. The molecule has 5 nitrogen and oxygen atoms in total. The number of nitrogens with zero attached hydrogens (tertiary/aromatic N) is 2. The molecular formula is C14H15ClN4OS. The predicted molar refractivity (Wildman–Crippen MR) is 83.3 cm³/mol. The molecule has 1 aromatic heterocycles. The van der Waals surface area contributed by atoms with E-state index in [0.29, 0.717) is 22.0 Å². The van der Waals surface area contributed by atoms with E-state index in [1.165, 1.54) is 11.8 Å². The van der Waals surface area contributed by atoms with E-state index in [1.807, 2.05) is 19.1 Å². The monoisotopic (exact) mass is 322 g/mol. The van der Waals surface area contributed by atoms with Gasteiger partial charge in [0, 0.05) is 16.6 Å². The van der Waals surface area contributed by atoms with Gasteiger partial charge in [0.25, 0.3) is 0 Å². The molecule has 1 unspecified atom stereocenters. The number of carbonyl (C=O) groups excluding carboxylic acids is 1. The Morgan fingerprint density at radius 1 is 1.43 bits per heavy atom. The predicted octanol–water partition coefficient (Wildman–Crippen LogP) is 2.88. The lowest BCUT2D eigenvalue weighted by Gasteiger charge is -2.08. The van der Waals surface area contributed by atoms with Crippen LogP contribution in [0.4, 0.5) is 0 Å². The van der Waals surface area contributed by atoms with Crippen molar-refractivity contribution in [2.45, 2.75) is 36.2 Å². The molecule has 2 aromatic rings. The zero-order valence-corrected chi connectivity index (χ0v) is 13.0. The third-order valence-electron chi connectivity index (χ3n) is 3.16. The minimum absolute atomic E-state index is 0.0420. The summed E-state index contributed by atoms with van der Waals surface area (Å²) in [4.78, 5) is 16.3. The van der Waals surface area contributed by atoms with E-state index in [4.69, 9.17) is 11.6 Å². The van der Waals surface area contributed by atoms with Crippen molar-refractivity contribution >= 4 is 29.3 Å². The first kappa shape index (κ1) is 14.4. The Bertz CT molecular complexity index is 639. The van der Waals surface area contributed by atoms with Gasteiger partial charge in [0.2, 0.25) is 11.1 Å². The van der Waals surface area contributed by atoms with Gasteiger partial charge in [-0.15, -0.1) is 5.10 Å². The number of hydrogen-bond acceptors (Lipinski definition) is 4. The number of amides is 1. The minimum atomic E-state index is -0.209. The minimum Gasteiger partial charge on any atom is -0.352 e. The van der Waals surface area contributed by atoms with Crippen molar-refractivity contribution in [2.24, 2.45) is 0 Å². The van der Waals surface area contributed by atoms with Gasteiger partial charge in [-0.1, -0.05) is 23.4 Å². The van der Waals surface area contributed by atoms with Gasteiger partial charge in [-0.05, 0) is 44.0 Å². The first-order valence-corrected chi connectivity index (χ1v) is 8.03. The highest BCUT2D eigenvalue weighted by Gasteiger charge is 2.26. The number of benzene rings is 1. The van der Waals surface area contributed by atoms with E-state index in [0.717, 1.165) is 18.4 Å². The second-order valence-electron chi connectivity index (χ2n) is 5.02. The van der Waals surface area contributed by atoms with Crippen molar-refractivity contribution in [2.75, 3.05) is 0 Å². The molecule has 1 atom stereocenters. The summed E-state index contributed by atoms with van der Waals surface area (Å²) >= 11 is 7.21. The third kappa shape index (κ3) is 3.77. The van der Waals surface area contributed by atoms with Crippen LogP contribution in [0.2, 0.25) is 5.02 Å². The molecule has 2 N–H and O–H groups in total. The van der Waals surface area contributed by atoms with Crippen molar-refractivity contribution in [1.29, 1.82) is 0 Å². The Morgan fingerprint density at radius 3 is 2.81 bits per heavy atom. The van der Waals surface area contributed by atoms with Crippen LogP contribution in [-0.4, -0.2) is 32.4 Å². The lowest BCUT2D eigenvalue weighted by molar-refractivity contribution is -0.120. The van der Waals surface area contributed by atoms with Crippen LogP contribution < -0.4 is 5.32 Å². The largest absolute Gasteiger partial charge is 0.352 e. The van der Waals surface area contributed by atoms with Gasteiger partial charge in [-0.3, -0.25) is 9.89 Å². The fourth-order valence-corrected chi connectivity index (χ4v) is 2.65. The van der Waals surface area contributed by atoms with Crippen LogP contribution in [0.3, 0.4) is 0 Å². The van der Waals surface area contributed by atoms with Crippen LogP contribution in [0.1, 0.15) is 19.8 Å². The van der Waals surface area contributed by atoms with Crippen molar-refractivity contribution in [3.63, 3.8) is 0 Å². The SMILES string of the molecule is CC(Sc1n[nH]c(-c2ccc(Cl)cc2)n1)C(=O)NC1CC1. The van der Waals surface area contributed by atoms with Crippen LogP contribution in [0.25, 0.3) is 11.4 Å². The first-order valence-electron chi connectivity index (χ1n) is 6.77. The summed E-state index contributed by atoms with van der Waals surface area (Å²) in [5.74, 6) is 0.712. The number of halogens is 1. The van der Waals surface area contributed by atoms with Crippen molar-refractivity contribution < 1.29 is 4.79 Å². The molecule has 0 aliphatic heterocycles. The smallest absolute Gasteiger partial charge is 0.233 e.